The molecule has 0 bridgehead atoms. The summed E-state index contributed by atoms with van der Waals surface area (Å²) < 4.78 is 13.3. The zero-order valence-electron chi connectivity index (χ0n) is 13.0. The van der Waals surface area contributed by atoms with E-state index in [0.717, 1.165) is 19.6 Å². The lowest BCUT2D eigenvalue weighted by Gasteiger charge is -2.38. The van der Waals surface area contributed by atoms with E-state index in [1.165, 1.54) is 36.0 Å². The highest BCUT2D eigenvalue weighted by Gasteiger charge is 2.31. The van der Waals surface area contributed by atoms with Gasteiger partial charge >= 0.3 is 0 Å². The molecule has 1 saturated heterocycles. The molecule has 2 aliphatic rings. The summed E-state index contributed by atoms with van der Waals surface area (Å²) >= 11 is 1.28. The number of phenols is 1. The molecule has 1 N–H and O–H groups in total. The van der Waals surface area contributed by atoms with E-state index >= 15 is 0 Å². The van der Waals surface area contributed by atoms with Gasteiger partial charge in [-0.1, -0.05) is 0 Å². The van der Waals surface area contributed by atoms with Gasteiger partial charge in [-0.3, -0.25) is 4.79 Å². The molecule has 1 atom stereocenters. The summed E-state index contributed by atoms with van der Waals surface area (Å²) in [6.07, 6.45) is 1.49. The Morgan fingerprint density at radius 2 is 2.22 bits per heavy atom. The van der Waals surface area contributed by atoms with Gasteiger partial charge in [0.05, 0.1) is 4.91 Å². The number of piperazine rings is 1. The second-order valence-corrected chi connectivity index (χ2v) is 6.83. The van der Waals surface area contributed by atoms with E-state index in [4.69, 9.17) is 0 Å². The molecule has 23 heavy (non-hydrogen) atoms. The molecule has 122 valence electrons. The average molecular weight is 335 g/mol. The highest BCUT2D eigenvalue weighted by Crippen LogP contribution is 2.33. The van der Waals surface area contributed by atoms with Gasteiger partial charge in [-0.25, -0.2) is 4.39 Å². The Hall–Kier alpha value is -1.86. The van der Waals surface area contributed by atoms with E-state index in [9.17, 15) is 14.3 Å². The minimum absolute atomic E-state index is 0.0614. The Morgan fingerprint density at radius 1 is 1.43 bits per heavy atom. The Balaban J connectivity index is 1.80. The third kappa shape index (κ3) is 3.40. The van der Waals surface area contributed by atoms with Crippen molar-refractivity contribution >= 4 is 28.9 Å². The largest absolute Gasteiger partial charge is 0.507 e. The number of phenolic OH excluding ortho intramolecular Hbond substituents is 1. The van der Waals surface area contributed by atoms with Gasteiger partial charge in [0.15, 0.2) is 5.17 Å². The first-order valence-electron chi connectivity index (χ1n) is 7.40. The number of carbonyl (C=O) groups is 1. The van der Waals surface area contributed by atoms with E-state index < -0.39 is 5.82 Å². The maximum absolute atomic E-state index is 13.3. The molecule has 0 aliphatic carbocycles. The topological polar surface area (TPSA) is 56.1 Å². The van der Waals surface area contributed by atoms with Gasteiger partial charge in [0.2, 0.25) is 0 Å². The van der Waals surface area contributed by atoms with E-state index in [-0.39, 0.29) is 23.3 Å². The standard InChI is InChI=1S/C16H18FN3O2S/c1-10-9-19(2)5-6-20(10)16-18-15(22)14(23-16)8-11-7-12(17)3-4-13(11)21/h3-4,7-8,10,21H,5-6,9H2,1-2H3/b14-8-. The number of aromatic hydroxyl groups is 1. The van der Waals surface area contributed by atoms with Gasteiger partial charge in [0, 0.05) is 31.2 Å². The molecule has 0 aromatic heterocycles. The van der Waals surface area contributed by atoms with Crippen LogP contribution in [0, 0.1) is 5.82 Å². The SMILES string of the molecule is CC1CN(C)CCN1C1=NC(=O)/C(=C/c2cc(F)ccc2O)S1. The van der Waals surface area contributed by atoms with Gasteiger partial charge in [-0.05, 0) is 50.0 Å². The molecule has 2 aliphatic heterocycles. The molecular weight excluding hydrogens is 317 g/mol. The van der Waals surface area contributed by atoms with Crippen molar-refractivity contribution < 1.29 is 14.3 Å². The number of carbonyl (C=O) groups excluding carboxylic acids is 1. The monoisotopic (exact) mass is 335 g/mol. The first-order valence-corrected chi connectivity index (χ1v) is 8.22. The lowest BCUT2D eigenvalue weighted by atomic mass is 10.2. The second-order valence-electron chi connectivity index (χ2n) is 5.82. The molecule has 0 saturated carbocycles. The van der Waals surface area contributed by atoms with Crippen LogP contribution in [0.4, 0.5) is 4.39 Å². The summed E-state index contributed by atoms with van der Waals surface area (Å²) in [7, 11) is 2.07. The summed E-state index contributed by atoms with van der Waals surface area (Å²) in [5.74, 6) is -0.868. The fourth-order valence-electron chi connectivity index (χ4n) is 2.73. The zero-order chi connectivity index (χ0) is 16.6. The van der Waals surface area contributed by atoms with E-state index in [1.807, 2.05) is 0 Å². The minimum atomic E-state index is -0.459. The van der Waals surface area contributed by atoms with Gasteiger partial charge < -0.3 is 14.9 Å². The zero-order valence-corrected chi connectivity index (χ0v) is 13.8. The molecule has 2 heterocycles. The molecule has 1 fully saturated rings. The fourth-order valence-corrected chi connectivity index (χ4v) is 3.76. The van der Waals surface area contributed by atoms with Crippen LogP contribution in [-0.2, 0) is 4.79 Å². The summed E-state index contributed by atoms with van der Waals surface area (Å²) in [5, 5.41) is 10.5. The van der Waals surface area contributed by atoms with Gasteiger partial charge in [-0.2, -0.15) is 4.99 Å². The Bertz CT molecular complexity index is 705. The number of hydrogen-bond acceptors (Lipinski definition) is 5. The Morgan fingerprint density at radius 3 is 2.96 bits per heavy atom. The minimum Gasteiger partial charge on any atom is -0.507 e. The predicted octanol–water partition coefficient (Wildman–Crippen LogP) is 2.14. The van der Waals surface area contributed by atoms with Gasteiger partial charge in [0.25, 0.3) is 5.91 Å². The first kappa shape index (κ1) is 16.0. The van der Waals surface area contributed by atoms with Crippen molar-refractivity contribution in [3.05, 3.63) is 34.5 Å². The average Bonchev–Trinajstić information content (AvgIpc) is 2.84. The van der Waals surface area contributed by atoms with Crippen LogP contribution >= 0.6 is 11.8 Å². The highest BCUT2D eigenvalue weighted by molar-refractivity contribution is 8.18. The number of aliphatic imine (C=N–C) groups is 1. The van der Waals surface area contributed by atoms with Gasteiger partial charge in [-0.15, -0.1) is 0 Å². The lowest BCUT2D eigenvalue weighted by Crippen LogP contribution is -2.51. The van der Waals surface area contributed by atoms with Crippen molar-refractivity contribution in [2.75, 3.05) is 26.7 Å². The maximum atomic E-state index is 13.3. The van der Waals surface area contributed by atoms with E-state index in [1.54, 1.807) is 0 Å². The number of rotatable bonds is 1. The van der Waals surface area contributed by atoms with Gasteiger partial charge in [0.1, 0.15) is 11.6 Å². The Kier molecular flexibility index (Phi) is 4.41. The number of hydrogen-bond donors (Lipinski definition) is 1. The number of thioether (sulfide) groups is 1. The third-order valence-corrected chi connectivity index (χ3v) is 4.98. The van der Waals surface area contributed by atoms with Crippen LogP contribution in [0.1, 0.15) is 12.5 Å². The van der Waals surface area contributed by atoms with Crippen LogP contribution in [0.25, 0.3) is 6.08 Å². The van der Waals surface area contributed by atoms with Crippen molar-refractivity contribution in [3.63, 3.8) is 0 Å². The summed E-state index contributed by atoms with van der Waals surface area (Å²) in [5.41, 5.74) is 0.281. The van der Waals surface area contributed by atoms with Crippen molar-refractivity contribution in [1.82, 2.24) is 9.80 Å². The van der Waals surface area contributed by atoms with Crippen LogP contribution in [-0.4, -0.2) is 58.7 Å². The molecule has 5 nitrogen and oxygen atoms in total. The maximum Gasteiger partial charge on any atom is 0.286 e. The van der Waals surface area contributed by atoms with Crippen molar-refractivity contribution in [1.29, 1.82) is 0 Å². The second kappa shape index (κ2) is 6.33. The van der Waals surface area contributed by atoms with Crippen LogP contribution in [0.2, 0.25) is 0 Å². The van der Waals surface area contributed by atoms with Crippen LogP contribution in [0.15, 0.2) is 28.1 Å². The molecule has 1 amide bonds. The normalized spacial score (nSPS) is 24.4. The van der Waals surface area contributed by atoms with E-state index in [2.05, 4.69) is 28.8 Å². The number of amidine groups is 1. The number of benzene rings is 1. The van der Waals surface area contributed by atoms with Crippen LogP contribution in [0.3, 0.4) is 0 Å². The van der Waals surface area contributed by atoms with Crippen molar-refractivity contribution in [2.24, 2.45) is 4.99 Å². The van der Waals surface area contributed by atoms with Crippen LogP contribution in [0.5, 0.6) is 5.75 Å². The number of halogens is 1. The smallest absolute Gasteiger partial charge is 0.286 e. The molecule has 1 unspecified atom stereocenters. The first-order chi connectivity index (χ1) is 10.9. The number of amides is 1. The number of likely N-dealkylation sites (N-methyl/N-ethyl adjacent to an activating group) is 1. The van der Waals surface area contributed by atoms with E-state index in [0.29, 0.717) is 10.1 Å². The molecular formula is C16H18FN3O2S. The summed E-state index contributed by atoms with van der Waals surface area (Å²) in [4.78, 5) is 21.0. The fraction of sp³-hybridized carbons (Fsp3) is 0.375. The quantitative estimate of drug-likeness (QED) is 0.797. The molecule has 1 aromatic rings. The molecule has 1 aromatic carbocycles. The molecule has 0 spiro atoms. The third-order valence-electron chi connectivity index (χ3n) is 3.96. The number of nitrogens with zero attached hydrogens (tertiary/aromatic N) is 3. The van der Waals surface area contributed by atoms with Crippen molar-refractivity contribution in [3.8, 4) is 5.75 Å². The molecule has 3 rings (SSSR count). The summed E-state index contributed by atoms with van der Waals surface area (Å²) in [6.45, 7) is 4.75. The highest BCUT2D eigenvalue weighted by atomic mass is 32.2. The van der Waals surface area contributed by atoms with Crippen LogP contribution < -0.4 is 0 Å². The lowest BCUT2D eigenvalue weighted by molar-refractivity contribution is -0.113. The predicted molar refractivity (Wildman–Crippen MR) is 89.7 cm³/mol. The van der Waals surface area contributed by atoms with Crippen molar-refractivity contribution in [2.45, 2.75) is 13.0 Å². The molecule has 7 heteroatoms. The summed E-state index contributed by atoms with van der Waals surface area (Å²) in [6, 6.07) is 3.92. The molecule has 0 radical (unpaired) electrons. The Labute approximate surface area is 138 Å².